The lowest BCUT2D eigenvalue weighted by Gasteiger charge is -2.11. The molecular formula is C22H18N4O3. The Balaban J connectivity index is 1.59. The van der Waals surface area contributed by atoms with E-state index in [0.717, 1.165) is 28.5 Å². The number of aryl methyl sites for hydroxylation is 3. The lowest BCUT2D eigenvalue weighted by atomic mass is 10.0. The first kappa shape index (κ1) is 17.4. The van der Waals surface area contributed by atoms with Gasteiger partial charge in [-0.05, 0) is 47.6 Å². The van der Waals surface area contributed by atoms with Crippen molar-refractivity contribution in [2.45, 2.75) is 12.8 Å². The minimum Gasteiger partial charge on any atom is -0.320 e. The summed E-state index contributed by atoms with van der Waals surface area (Å²) in [5.74, 6) is -0.390. The van der Waals surface area contributed by atoms with Gasteiger partial charge in [-0.3, -0.25) is 18.7 Å². The number of amides is 1. The first-order valence-electron chi connectivity index (χ1n) is 9.37. The fourth-order valence-corrected chi connectivity index (χ4v) is 4.12. The molecule has 0 fully saturated rings. The highest BCUT2D eigenvalue weighted by Gasteiger charge is 2.18. The number of hydrogen-bond acceptors (Lipinski definition) is 4. The van der Waals surface area contributed by atoms with Crippen molar-refractivity contribution in [1.29, 1.82) is 0 Å². The van der Waals surface area contributed by atoms with Crippen molar-refractivity contribution < 1.29 is 4.79 Å². The maximum atomic E-state index is 12.9. The molecule has 1 N–H and O–H groups in total. The van der Waals surface area contributed by atoms with Crippen molar-refractivity contribution in [2.75, 3.05) is 5.32 Å². The second-order valence-corrected chi connectivity index (χ2v) is 7.34. The summed E-state index contributed by atoms with van der Waals surface area (Å²) in [6.45, 7) is 0. The van der Waals surface area contributed by atoms with Gasteiger partial charge in [0.1, 0.15) is 11.3 Å². The molecule has 0 saturated heterocycles. The van der Waals surface area contributed by atoms with Gasteiger partial charge in [0.2, 0.25) is 0 Å². The summed E-state index contributed by atoms with van der Waals surface area (Å²) in [6, 6.07) is 13.1. The fourth-order valence-electron chi connectivity index (χ4n) is 4.12. The van der Waals surface area contributed by atoms with Crippen molar-refractivity contribution in [2.24, 2.45) is 14.1 Å². The minimum atomic E-state index is -0.486. The van der Waals surface area contributed by atoms with Crippen LogP contribution >= 0.6 is 0 Å². The van der Waals surface area contributed by atoms with Crippen LogP contribution in [0.5, 0.6) is 0 Å². The number of benzene rings is 2. The number of pyridine rings is 1. The van der Waals surface area contributed by atoms with Gasteiger partial charge in [0.15, 0.2) is 0 Å². The van der Waals surface area contributed by atoms with Crippen molar-refractivity contribution >= 4 is 33.4 Å². The van der Waals surface area contributed by atoms with E-state index < -0.39 is 17.2 Å². The van der Waals surface area contributed by atoms with Crippen LogP contribution in [-0.2, 0) is 26.9 Å². The van der Waals surface area contributed by atoms with Gasteiger partial charge in [-0.25, -0.2) is 9.78 Å². The molecule has 4 aromatic rings. The molecule has 0 unspecified atom stereocenters. The number of carbonyl (C=O) groups is 1. The van der Waals surface area contributed by atoms with Gasteiger partial charge < -0.3 is 5.32 Å². The molecule has 0 radical (unpaired) electrons. The van der Waals surface area contributed by atoms with E-state index in [2.05, 4.69) is 22.4 Å². The molecule has 1 aliphatic rings. The van der Waals surface area contributed by atoms with E-state index in [1.54, 1.807) is 0 Å². The summed E-state index contributed by atoms with van der Waals surface area (Å²) >= 11 is 0. The standard InChI is InChI=1S/C22H18N4O3/c1-25-19-15(21(28)26(2)22(25)29)9-11-17(23-19)20(27)24-16-10-8-13-7-6-12-4-3-5-14(16)18(12)13/h3-5,8-11H,6-7H2,1-2H3,(H,24,27). The quantitative estimate of drug-likeness (QED) is 0.572. The van der Waals surface area contributed by atoms with Crippen molar-refractivity contribution in [3.05, 3.63) is 80.1 Å². The van der Waals surface area contributed by atoms with Crippen molar-refractivity contribution in [3.63, 3.8) is 0 Å². The molecule has 1 aliphatic carbocycles. The maximum Gasteiger partial charge on any atom is 0.332 e. The second-order valence-electron chi connectivity index (χ2n) is 7.34. The Morgan fingerprint density at radius 1 is 0.931 bits per heavy atom. The van der Waals surface area contributed by atoms with Crippen LogP contribution in [0.2, 0.25) is 0 Å². The van der Waals surface area contributed by atoms with Crippen LogP contribution in [0.3, 0.4) is 0 Å². The average molecular weight is 386 g/mol. The SMILES string of the molecule is Cn1c(=O)c2ccc(C(=O)Nc3ccc4c5c(cccc35)CC4)nc2n(C)c1=O. The van der Waals surface area contributed by atoms with Crippen LogP contribution in [0.1, 0.15) is 21.6 Å². The van der Waals surface area contributed by atoms with Crippen LogP contribution in [0.25, 0.3) is 21.8 Å². The normalized spacial score (nSPS) is 12.6. The van der Waals surface area contributed by atoms with Gasteiger partial charge in [-0.1, -0.05) is 24.3 Å². The lowest BCUT2D eigenvalue weighted by Crippen LogP contribution is -2.37. The number of hydrogen-bond donors (Lipinski definition) is 1. The Morgan fingerprint density at radius 2 is 1.69 bits per heavy atom. The van der Waals surface area contributed by atoms with Crippen LogP contribution in [0.15, 0.2) is 52.1 Å². The number of fused-ring (bicyclic) bond motifs is 1. The van der Waals surface area contributed by atoms with Crippen LogP contribution in [-0.4, -0.2) is 20.0 Å². The summed E-state index contributed by atoms with van der Waals surface area (Å²) in [6.07, 6.45) is 2.03. The van der Waals surface area contributed by atoms with Gasteiger partial charge >= 0.3 is 5.69 Å². The van der Waals surface area contributed by atoms with E-state index >= 15 is 0 Å². The van der Waals surface area contributed by atoms with E-state index in [1.807, 2.05) is 18.2 Å². The van der Waals surface area contributed by atoms with E-state index in [-0.39, 0.29) is 16.7 Å². The zero-order valence-corrected chi connectivity index (χ0v) is 16.0. The smallest absolute Gasteiger partial charge is 0.320 e. The molecule has 1 amide bonds. The molecule has 5 rings (SSSR count). The molecule has 2 aromatic heterocycles. The largest absolute Gasteiger partial charge is 0.332 e. The maximum absolute atomic E-state index is 12.9. The summed E-state index contributed by atoms with van der Waals surface area (Å²) in [5, 5.41) is 5.44. The van der Waals surface area contributed by atoms with Crippen LogP contribution in [0.4, 0.5) is 5.69 Å². The average Bonchev–Trinajstić information content (AvgIpc) is 3.17. The number of anilines is 1. The van der Waals surface area contributed by atoms with Gasteiger partial charge in [-0.2, -0.15) is 0 Å². The predicted molar refractivity (Wildman–Crippen MR) is 112 cm³/mol. The summed E-state index contributed by atoms with van der Waals surface area (Å²) in [5.41, 5.74) is 2.72. The Kier molecular flexibility index (Phi) is 3.67. The van der Waals surface area contributed by atoms with E-state index in [4.69, 9.17) is 0 Å². The van der Waals surface area contributed by atoms with Crippen LogP contribution < -0.4 is 16.6 Å². The number of rotatable bonds is 2. The molecule has 0 spiro atoms. The van der Waals surface area contributed by atoms with E-state index in [1.165, 1.54) is 47.3 Å². The lowest BCUT2D eigenvalue weighted by molar-refractivity contribution is 0.102. The molecule has 0 aliphatic heterocycles. The molecule has 0 bridgehead atoms. The summed E-state index contributed by atoms with van der Waals surface area (Å²) < 4.78 is 2.29. The first-order chi connectivity index (χ1) is 14.0. The second kappa shape index (κ2) is 6.13. The molecule has 144 valence electrons. The highest BCUT2D eigenvalue weighted by molar-refractivity contribution is 6.10. The molecule has 0 atom stereocenters. The molecule has 2 heterocycles. The zero-order valence-electron chi connectivity index (χ0n) is 16.0. The van der Waals surface area contributed by atoms with Gasteiger partial charge in [0.25, 0.3) is 11.5 Å². The fraction of sp³-hybridized carbons (Fsp3) is 0.182. The molecule has 7 heteroatoms. The van der Waals surface area contributed by atoms with Crippen molar-refractivity contribution in [3.8, 4) is 0 Å². The summed E-state index contributed by atoms with van der Waals surface area (Å²) in [7, 11) is 2.95. The van der Waals surface area contributed by atoms with Gasteiger partial charge in [0.05, 0.1) is 5.39 Å². The third-order valence-electron chi connectivity index (χ3n) is 5.66. The monoisotopic (exact) mass is 386 g/mol. The van der Waals surface area contributed by atoms with E-state index in [9.17, 15) is 14.4 Å². The number of aromatic nitrogens is 3. The van der Waals surface area contributed by atoms with Gasteiger partial charge in [0, 0.05) is 25.2 Å². The summed E-state index contributed by atoms with van der Waals surface area (Å²) in [4.78, 5) is 41.7. The van der Waals surface area contributed by atoms with E-state index in [0.29, 0.717) is 0 Å². The predicted octanol–water partition coefficient (Wildman–Crippen LogP) is 2.14. The Bertz CT molecular complexity index is 1450. The number of nitrogens with one attached hydrogen (secondary N) is 1. The minimum absolute atomic E-state index is 0.143. The molecule has 29 heavy (non-hydrogen) atoms. The molecule has 7 nitrogen and oxygen atoms in total. The Morgan fingerprint density at radius 3 is 2.48 bits per heavy atom. The molecular weight excluding hydrogens is 368 g/mol. The first-order valence-corrected chi connectivity index (χ1v) is 9.37. The third kappa shape index (κ3) is 2.51. The van der Waals surface area contributed by atoms with Crippen LogP contribution in [0, 0.1) is 0 Å². The Hall–Kier alpha value is -3.74. The number of carbonyl (C=O) groups excluding carboxylic acids is 1. The highest BCUT2D eigenvalue weighted by Crippen LogP contribution is 2.35. The zero-order chi connectivity index (χ0) is 20.3. The molecule has 2 aromatic carbocycles. The Labute approximate surface area is 165 Å². The third-order valence-corrected chi connectivity index (χ3v) is 5.66. The molecule has 0 saturated carbocycles. The van der Waals surface area contributed by atoms with Crippen molar-refractivity contribution in [1.82, 2.24) is 14.1 Å². The highest BCUT2D eigenvalue weighted by atomic mass is 16.2. The topological polar surface area (TPSA) is 86.0 Å². The number of nitrogens with zero attached hydrogens (tertiary/aromatic N) is 3. The van der Waals surface area contributed by atoms with Gasteiger partial charge in [-0.15, -0.1) is 0 Å².